The number of nitrogens with two attached hydrogens (primary N) is 1. The summed E-state index contributed by atoms with van der Waals surface area (Å²) in [6.45, 7) is 20.2. The van der Waals surface area contributed by atoms with Gasteiger partial charge in [-0.3, -0.25) is 9.89 Å². The van der Waals surface area contributed by atoms with Gasteiger partial charge >= 0.3 is 5.97 Å². The maximum atomic E-state index is 14.7. The first-order valence-electron chi connectivity index (χ1n) is 19.4. The van der Waals surface area contributed by atoms with Crippen molar-refractivity contribution in [2.45, 2.75) is 125 Å². The molecule has 3 N–H and O–H groups in total. The van der Waals surface area contributed by atoms with Crippen molar-refractivity contribution < 1.29 is 9.53 Å². The molecule has 5 aliphatic rings. The summed E-state index contributed by atoms with van der Waals surface area (Å²) in [5, 5.41) is 7.96. The van der Waals surface area contributed by atoms with Crippen molar-refractivity contribution in [2.75, 3.05) is 5.73 Å². The number of carbonyl (C=O) groups is 1. The largest absolute Gasteiger partial charge is 0.460 e. The lowest BCUT2D eigenvalue weighted by Crippen LogP contribution is -2.65. The van der Waals surface area contributed by atoms with E-state index in [1.54, 1.807) is 5.57 Å². The van der Waals surface area contributed by atoms with E-state index in [0.717, 1.165) is 50.5 Å². The lowest BCUT2D eigenvalue weighted by molar-refractivity contribution is -0.181. The second kappa shape index (κ2) is 11.1. The van der Waals surface area contributed by atoms with Crippen LogP contribution in [0.15, 0.2) is 60.2 Å². The lowest BCUT2D eigenvalue weighted by atomic mass is 9.33. The minimum atomic E-state index is -0.495. The number of esters is 1. The van der Waals surface area contributed by atoms with Crippen molar-refractivity contribution in [3.8, 4) is 0 Å². The van der Waals surface area contributed by atoms with Crippen LogP contribution >= 0.6 is 0 Å². The highest BCUT2D eigenvalue weighted by molar-refractivity contribution is 5.81. The highest BCUT2D eigenvalue weighted by Gasteiger charge is 2.70. The predicted molar refractivity (Wildman–Crippen MR) is 202 cm³/mol. The molecular weight excluding hydrogens is 615 g/mol. The zero-order valence-corrected chi connectivity index (χ0v) is 31.8. The molecule has 5 nitrogen and oxygen atoms in total. The monoisotopic (exact) mass is 673 g/mol. The van der Waals surface area contributed by atoms with Gasteiger partial charge in [0.2, 0.25) is 0 Å². The van der Waals surface area contributed by atoms with Crippen molar-refractivity contribution >= 4 is 17.4 Å². The molecule has 1 aromatic heterocycles. The number of allylic oxidation sites excluding steroid dienone is 2. The summed E-state index contributed by atoms with van der Waals surface area (Å²) in [5.74, 6) is 1.85. The SMILES string of the molecule is Cc1cccc(C2=C3C4CC(C)(C)CC[C@]4(C(=O)OCc4ccccc4)CC[C@@]3(C)[C@]3(C)CCC4C(C)(C)c5[nH]nc(N)c5C[C@]4(C)C3C2)c1. The van der Waals surface area contributed by atoms with Gasteiger partial charge in [0, 0.05) is 16.7 Å². The summed E-state index contributed by atoms with van der Waals surface area (Å²) >= 11 is 0. The molecule has 50 heavy (non-hydrogen) atoms. The third-order valence-electron chi connectivity index (χ3n) is 16.0. The Bertz CT molecular complexity index is 1870. The minimum absolute atomic E-state index is 0.0277. The Labute approximate surface area is 300 Å². The predicted octanol–water partition coefficient (Wildman–Crippen LogP) is 10.4. The van der Waals surface area contributed by atoms with Gasteiger partial charge in [0.05, 0.1) is 5.41 Å². The Balaban J connectivity index is 1.31. The summed E-state index contributed by atoms with van der Waals surface area (Å²) in [4.78, 5) is 14.7. The third kappa shape index (κ3) is 4.63. The number of aromatic amines is 1. The number of fused-ring (bicyclic) bond motifs is 8. The number of aromatic nitrogens is 2. The minimum Gasteiger partial charge on any atom is -0.460 e. The van der Waals surface area contributed by atoms with E-state index >= 15 is 0 Å². The first-order valence-corrected chi connectivity index (χ1v) is 19.4. The first-order chi connectivity index (χ1) is 23.6. The van der Waals surface area contributed by atoms with Crippen LogP contribution in [0.25, 0.3) is 5.57 Å². The van der Waals surface area contributed by atoms with E-state index in [1.807, 2.05) is 18.2 Å². The smallest absolute Gasteiger partial charge is 0.313 e. The molecule has 2 aromatic carbocycles. The Morgan fingerprint density at radius 1 is 0.920 bits per heavy atom. The maximum Gasteiger partial charge on any atom is 0.313 e. The summed E-state index contributed by atoms with van der Waals surface area (Å²) in [7, 11) is 0. The Morgan fingerprint density at radius 2 is 1.66 bits per heavy atom. The highest BCUT2D eigenvalue weighted by Crippen LogP contribution is 2.77. The summed E-state index contributed by atoms with van der Waals surface area (Å²) < 4.78 is 6.36. The number of nitrogens with one attached hydrogen (secondary N) is 1. The van der Waals surface area contributed by atoms with Crippen molar-refractivity contribution in [1.82, 2.24) is 10.2 Å². The fourth-order valence-electron chi connectivity index (χ4n) is 13.1. The Morgan fingerprint density at radius 3 is 2.40 bits per heavy atom. The molecular formula is C45H59N3O2. The van der Waals surface area contributed by atoms with E-state index in [9.17, 15) is 4.79 Å². The number of hydrogen-bond donors (Lipinski definition) is 2. The molecule has 8 rings (SSSR count). The number of benzene rings is 2. The molecule has 3 fully saturated rings. The van der Waals surface area contributed by atoms with Crippen LogP contribution in [0.4, 0.5) is 5.82 Å². The molecule has 1 heterocycles. The van der Waals surface area contributed by atoms with E-state index in [1.165, 1.54) is 40.8 Å². The average molecular weight is 674 g/mol. The van der Waals surface area contributed by atoms with E-state index in [-0.39, 0.29) is 39.0 Å². The molecule has 7 atom stereocenters. The molecule has 0 spiro atoms. The molecule has 5 aliphatic carbocycles. The number of nitrogen functional groups attached to an aromatic ring is 1. The third-order valence-corrected chi connectivity index (χ3v) is 16.0. The number of ether oxygens (including phenoxy) is 1. The van der Waals surface area contributed by atoms with Gasteiger partial charge in [0.1, 0.15) is 12.4 Å². The number of rotatable bonds is 4. The molecule has 3 aromatic rings. The normalized spacial score (nSPS) is 36.7. The van der Waals surface area contributed by atoms with Gasteiger partial charge in [-0.05, 0) is 121 Å². The van der Waals surface area contributed by atoms with Crippen LogP contribution in [-0.4, -0.2) is 16.2 Å². The number of nitrogens with zero attached hydrogens (tertiary/aromatic N) is 1. The molecule has 0 bridgehead atoms. The average Bonchev–Trinajstić information content (AvgIpc) is 3.44. The van der Waals surface area contributed by atoms with Gasteiger partial charge in [-0.1, -0.05) is 114 Å². The number of anilines is 1. The number of aryl methyl sites for hydroxylation is 1. The van der Waals surface area contributed by atoms with Crippen molar-refractivity contribution in [2.24, 2.45) is 44.8 Å². The zero-order chi connectivity index (χ0) is 35.5. The molecule has 0 radical (unpaired) electrons. The first kappa shape index (κ1) is 33.8. The van der Waals surface area contributed by atoms with Gasteiger partial charge in [-0.2, -0.15) is 5.10 Å². The van der Waals surface area contributed by atoms with Crippen molar-refractivity contribution in [3.05, 3.63) is 88.1 Å². The fraction of sp³-hybridized carbons (Fsp3) is 0.600. The fourth-order valence-corrected chi connectivity index (χ4v) is 13.1. The lowest BCUT2D eigenvalue weighted by Gasteiger charge is -2.71. The topological polar surface area (TPSA) is 81.0 Å². The zero-order valence-electron chi connectivity index (χ0n) is 31.8. The van der Waals surface area contributed by atoms with Crippen LogP contribution in [0.2, 0.25) is 0 Å². The molecule has 3 saturated carbocycles. The number of H-pyrrole nitrogens is 1. The van der Waals surface area contributed by atoms with E-state index < -0.39 is 5.41 Å². The highest BCUT2D eigenvalue weighted by atomic mass is 16.5. The van der Waals surface area contributed by atoms with Crippen LogP contribution < -0.4 is 5.73 Å². The van der Waals surface area contributed by atoms with Crippen LogP contribution in [0.3, 0.4) is 0 Å². The van der Waals surface area contributed by atoms with Crippen LogP contribution in [0, 0.1) is 51.8 Å². The summed E-state index contributed by atoms with van der Waals surface area (Å²) in [6, 6.07) is 19.5. The molecule has 0 aliphatic heterocycles. The van der Waals surface area contributed by atoms with Gasteiger partial charge < -0.3 is 10.5 Å². The standard InChI is InChI=1S/C45H59N3O2/c1-28-13-12-16-30(23-28)31-24-35-42(6)25-32-37(47-48-38(32)46)41(4,5)34(42)17-18-43(35,7)44(8)20-22-45(21-19-40(2,3)26-33(45)36(31)44)39(49)50-27-29-14-10-9-11-15-29/h9-16,23,33-35H,17-22,24-27H2,1-8H3,(H3,46,47,48)/t33?,34?,35?,42-,43+,44+,45-/m0/s1. The molecule has 3 unspecified atom stereocenters. The summed E-state index contributed by atoms with van der Waals surface area (Å²) in [5.41, 5.74) is 15.7. The van der Waals surface area contributed by atoms with E-state index in [0.29, 0.717) is 24.3 Å². The van der Waals surface area contributed by atoms with Crippen molar-refractivity contribution in [1.29, 1.82) is 0 Å². The van der Waals surface area contributed by atoms with E-state index in [2.05, 4.69) is 102 Å². The second-order valence-electron chi connectivity index (χ2n) is 19.4. The Hall–Kier alpha value is -3.34. The summed E-state index contributed by atoms with van der Waals surface area (Å²) in [6.07, 6.45) is 9.29. The second-order valence-corrected chi connectivity index (χ2v) is 19.4. The Kier molecular flexibility index (Phi) is 7.49. The van der Waals surface area contributed by atoms with Gasteiger partial charge in [0.25, 0.3) is 0 Å². The van der Waals surface area contributed by atoms with Gasteiger partial charge in [-0.15, -0.1) is 0 Å². The number of hydrogen-bond acceptors (Lipinski definition) is 4. The van der Waals surface area contributed by atoms with Gasteiger partial charge in [-0.25, -0.2) is 0 Å². The van der Waals surface area contributed by atoms with Gasteiger partial charge in [0.15, 0.2) is 0 Å². The number of carbonyl (C=O) groups excluding carboxylic acids is 1. The molecule has 0 amide bonds. The molecule has 0 saturated heterocycles. The molecule has 5 heteroatoms. The maximum absolute atomic E-state index is 14.7. The van der Waals surface area contributed by atoms with Crippen LogP contribution in [-0.2, 0) is 28.0 Å². The van der Waals surface area contributed by atoms with Crippen LogP contribution in [0.5, 0.6) is 0 Å². The molecule has 266 valence electrons. The van der Waals surface area contributed by atoms with Crippen molar-refractivity contribution in [3.63, 3.8) is 0 Å². The quantitative estimate of drug-likeness (QED) is 0.270. The van der Waals surface area contributed by atoms with Crippen LogP contribution in [0.1, 0.15) is 128 Å². The van der Waals surface area contributed by atoms with E-state index in [4.69, 9.17) is 10.5 Å².